The molecule has 1 aromatic carbocycles. The van der Waals surface area contributed by atoms with Gasteiger partial charge in [-0.2, -0.15) is 0 Å². The first-order valence-electron chi connectivity index (χ1n) is 7.41. The fourth-order valence-electron chi connectivity index (χ4n) is 2.66. The smallest absolute Gasteiger partial charge is 0.356 e. The zero-order valence-corrected chi connectivity index (χ0v) is 14.0. The van der Waals surface area contributed by atoms with Crippen LogP contribution in [-0.2, 0) is 9.47 Å². The van der Waals surface area contributed by atoms with Crippen LogP contribution in [0.1, 0.15) is 20.8 Å². The van der Waals surface area contributed by atoms with Crippen LogP contribution in [0.2, 0.25) is 0 Å². The molecule has 2 aromatic heterocycles. The molecule has 0 saturated heterocycles. The highest BCUT2D eigenvalue weighted by molar-refractivity contribution is 6.07. The van der Waals surface area contributed by atoms with Crippen molar-refractivity contribution in [3.8, 4) is 16.9 Å². The van der Waals surface area contributed by atoms with Crippen LogP contribution in [0.3, 0.4) is 0 Å². The summed E-state index contributed by atoms with van der Waals surface area (Å²) < 4.78 is 16.4. The second kappa shape index (κ2) is 6.64. The monoisotopic (exact) mass is 340 g/mol. The number of rotatable bonds is 4. The summed E-state index contributed by atoms with van der Waals surface area (Å²) in [7, 11) is 4.09. The number of pyridine rings is 1. The molecule has 3 rings (SSSR count). The lowest BCUT2D eigenvalue weighted by molar-refractivity contribution is 0.0549. The predicted octanol–water partition coefficient (Wildman–Crippen LogP) is 2.58. The highest BCUT2D eigenvalue weighted by Gasteiger charge is 2.27. The van der Waals surface area contributed by atoms with Crippen LogP contribution in [-0.4, -0.2) is 42.7 Å². The first kappa shape index (κ1) is 16.5. The van der Waals surface area contributed by atoms with Crippen molar-refractivity contribution < 1.29 is 23.8 Å². The van der Waals surface area contributed by atoms with Gasteiger partial charge in [-0.3, -0.25) is 4.40 Å². The maximum atomic E-state index is 12.4. The van der Waals surface area contributed by atoms with E-state index in [-0.39, 0.29) is 11.3 Å². The average molecular weight is 340 g/mol. The number of carbonyl (C=O) groups excluding carboxylic acids is 2. The van der Waals surface area contributed by atoms with E-state index >= 15 is 0 Å². The molecule has 0 N–H and O–H groups in total. The van der Waals surface area contributed by atoms with Crippen molar-refractivity contribution in [2.75, 3.05) is 21.3 Å². The predicted molar refractivity (Wildman–Crippen MR) is 89.9 cm³/mol. The molecule has 0 saturated carbocycles. The Bertz CT molecular complexity index is 944. The zero-order valence-electron chi connectivity index (χ0n) is 14.0. The lowest BCUT2D eigenvalue weighted by Gasteiger charge is -2.14. The summed E-state index contributed by atoms with van der Waals surface area (Å²) in [4.78, 5) is 29.0. The Kier molecular flexibility index (Phi) is 4.38. The number of aromatic nitrogens is 2. The van der Waals surface area contributed by atoms with Crippen LogP contribution in [0.25, 0.3) is 16.8 Å². The summed E-state index contributed by atoms with van der Waals surface area (Å²) in [6.07, 6.45) is 3.13. The van der Waals surface area contributed by atoms with E-state index in [9.17, 15) is 9.59 Å². The van der Waals surface area contributed by atoms with Crippen LogP contribution in [0.5, 0.6) is 5.75 Å². The van der Waals surface area contributed by atoms with Gasteiger partial charge in [-0.1, -0.05) is 12.1 Å². The molecule has 0 aliphatic rings. The van der Waals surface area contributed by atoms with Crippen LogP contribution >= 0.6 is 0 Å². The second-order valence-corrected chi connectivity index (χ2v) is 5.15. The maximum Gasteiger partial charge on any atom is 0.356 e. The third-order valence-corrected chi connectivity index (χ3v) is 3.86. The second-order valence-electron chi connectivity index (χ2n) is 5.15. The normalized spacial score (nSPS) is 10.5. The molecular weight excluding hydrogens is 324 g/mol. The summed E-state index contributed by atoms with van der Waals surface area (Å²) in [6.45, 7) is 0. The van der Waals surface area contributed by atoms with Gasteiger partial charge >= 0.3 is 11.9 Å². The number of ether oxygens (including phenoxy) is 3. The third kappa shape index (κ3) is 2.80. The standard InChI is InChI=1S/C18H16N2O5/c1-23-12-6-4-11(5-7-12)13-10-14-19-8-9-20(14)16(18(22)25-3)15(13)17(21)24-2/h4-10H,1-3H3. The van der Waals surface area contributed by atoms with E-state index in [0.717, 1.165) is 5.56 Å². The molecule has 0 amide bonds. The van der Waals surface area contributed by atoms with Gasteiger partial charge in [-0.15, -0.1) is 0 Å². The van der Waals surface area contributed by atoms with E-state index in [4.69, 9.17) is 14.2 Å². The quantitative estimate of drug-likeness (QED) is 0.679. The first-order valence-corrected chi connectivity index (χ1v) is 7.41. The summed E-state index contributed by atoms with van der Waals surface area (Å²) in [5.74, 6) is -0.612. The molecule has 7 heteroatoms. The van der Waals surface area contributed by atoms with Crippen molar-refractivity contribution in [2.24, 2.45) is 0 Å². The number of esters is 2. The molecule has 0 aliphatic heterocycles. The zero-order chi connectivity index (χ0) is 18.0. The van der Waals surface area contributed by atoms with Gasteiger partial charge in [0, 0.05) is 18.0 Å². The molecule has 0 atom stereocenters. The van der Waals surface area contributed by atoms with Gasteiger partial charge in [0.2, 0.25) is 0 Å². The van der Waals surface area contributed by atoms with E-state index in [1.807, 2.05) is 0 Å². The Balaban J connectivity index is 2.36. The van der Waals surface area contributed by atoms with Crippen LogP contribution in [0.4, 0.5) is 0 Å². The summed E-state index contributed by atoms with van der Waals surface area (Å²) >= 11 is 0. The number of imidazole rings is 1. The molecule has 0 spiro atoms. The maximum absolute atomic E-state index is 12.4. The summed E-state index contributed by atoms with van der Waals surface area (Å²) in [6, 6.07) is 8.84. The third-order valence-electron chi connectivity index (χ3n) is 3.86. The van der Waals surface area contributed by atoms with Crippen LogP contribution in [0, 0.1) is 0 Å². The molecule has 0 bridgehead atoms. The highest BCUT2D eigenvalue weighted by atomic mass is 16.5. The number of hydrogen-bond donors (Lipinski definition) is 0. The van der Waals surface area contributed by atoms with Crippen LogP contribution in [0.15, 0.2) is 42.7 Å². The Hall–Kier alpha value is -3.35. The fourth-order valence-corrected chi connectivity index (χ4v) is 2.66. The largest absolute Gasteiger partial charge is 0.497 e. The van der Waals surface area contributed by atoms with Crippen LogP contribution < -0.4 is 4.74 Å². The topological polar surface area (TPSA) is 79.1 Å². The Morgan fingerprint density at radius 3 is 2.28 bits per heavy atom. The number of fused-ring (bicyclic) bond motifs is 1. The van der Waals surface area contributed by atoms with Gasteiger partial charge in [0.15, 0.2) is 0 Å². The molecule has 25 heavy (non-hydrogen) atoms. The molecule has 0 radical (unpaired) electrons. The Morgan fingerprint density at radius 1 is 1.00 bits per heavy atom. The molecule has 2 heterocycles. The number of methoxy groups -OCH3 is 3. The molecular formula is C18H16N2O5. The summed E-state index contributed by atoms with van der Waals surface area (Å²) in [5.41, 5.74) is 1.93. The number of nitrogens with zero attached hydrogens (tertiary/aromatic N) is 2. The van der Waals surface area contributed by atoms with Gasteiger partial charge in [-0.25, -0.2) is 14.6 Å². The van der Waals surface area contributed by atoms with E-state index < -0.39 is 11.9 Å². The van der Waals surface area contributed by atoms with Crippen molar-refractivity contribution >= 4 is 17.6 Å². The molecule has 7 nitrogen and oxygen atoms in total. The van der Waals surface area contributed by atoms with E-state index in [2.05, 4.69) is 4.98 Å². The minimum absolute atomic E-state index is 0.0650. The number of benzene rings is 1. The van der Waals surface area contributed by atoms with Crippen molar-refractivity contribution in [1.82, 2.24) is 9.38 Å². The fraction of sp³-hybridized carbons (Fsp3) is 0.167. The van der Waals surface area contributed by atoms with Crippen molar-refractivity contribution in [1.29, 1.82) is 0 Å². The Morgan fingerprint density at radius 2 is 1.68 bits per heavy atom. The minimum atomic E-state index is -0.654. The van der Waals surface area contributed by atoms with Crippen molar-refractivity contribution in [3.63, 3.8) is 0 Å². The SMILES string of the molecule is COC(=O)c1c(-c2ccc(OC)cc2)cc2nccn2c1C(=O)OC. The lowest BCUT2D eigenvalue weighted by atomic mass is 9.98. The average Bonchev–Trinajstić information content (AvgIpc) is 3.13. The lowest BCUT2D eigenvalue weighted by Crippen LogP contribution is -2.17. The van der Waals surface area contributed by atoms with E-state index in [1.165, 1.54) is 18.6 Å². The number of carbonyl (C=O) groups is 2. The summed E-state index contributed by atoms with van der Waals surface area (Å²) in [5, 5.41) is 0. The minimum Gasteiger partial charge on any atom is -0.497 e. The van der Waals surface area contributed by atoms with E-state index in [0.29, 0.717) is 17.0 Å². The molecule has 0 fully saturated rings. The van der Waals surface area contributed by atoms with Gasteiger partial charge in [0.1, 0.15) is 17.1 Å². The molecule has 128 valence electrons. The molecule has 3 aromatic rings. The highest BCUT2D eigenvalue weighted by Crippen LogP contribution is 2.30. The molecule has 0 aliphatic carbocycles. The van der Waals surface area contributed by atoms with Gasteiger partial charge in [0.05, 0.1) is 26.9 Å². The molecule has 0 unspecified atom stereocenters. The van der Waals surface area contributed by atoms with Gasteiger partial charge in [0.25, 0.3) is 0 Å². The van der Waals surface area contributed by atoms with Crippen molar-refractivity contribution in [2.45, 2.75) is 0 Å². The van der Waals surface area contributed by atoms with E-state index in [1.54, 1.807) is 49.8 Å². The first-order chi connectivity index (χ1) is 12.1. The number of hydrogen-bond acceptors (Lipinski definition) is 6. The Labute approximate surface area is 143 Å². The van der Waals surface area contributed by atoms with Gasteiger partial charge < -0.3 is 14.2 Å². The van der Waals surface area contributed by atoms with Gasteiger partial charge in [-0.05, 0) is 23.8 Å². The van der Waals surface area contributed by atoms with Crippen molar-refractivity contribution in [3.05, 3.63) is 54.0 Å².